The van der Waals surface area contributed by atoms with Crippen LogP contribution in [0, 0.1) is 0 Å². The molecule has 11 heteroatoms. The van der Waals surface area contributed by atoms with Gasteiger partial charge in [0.2, 0.25) is 5.88 Å². The van der Waals surface area contributed by atoms with Crippen LogP contribution in [-0.4, -0.2) is 47.5 Å². The Balaban J connectivity index is 0.00000264. The number of benzene rings is 1. The Labute approximate surface area is 249 Å². The normalized spacial score (nSPS) is 18.7. The van der Waals surface area contributed by atoms with Crippen LogP contribution in [-0.2, 0) is 10.0 Å². The molecule has 0 radical (unpaired) electrons. The Hall–Kier alpha value is -4.51. The highest BCUT2D eigenvalue weighted by Gasteiger charge is 2.39. The molecule has 4 heterocycles. The summed E-state index contributed by atoms with van der Waals surface area (Å²) in [6, 6.07) is 21.3. The molecule has 10 nitrogen and oxygen atoms in total. The number of rotatable bonds is 8. The Morgan fingerprint density at radius 3 is 2.45 bits per heavy atom. The standard InChI is InChI=1S/C31H34N6O4S.2H2/c1-19(2)41-28-16-13-23(18-33-28)26-15-14-24(31(38)36-42(39,40)29-12-8-11-27(32)35-29)30(34-26)37-20(3)17-25(21(37)4)22-9-6-5-7-10-22;;/h5-16,18-21,25H,17H2,1-4H3,(H2,32,35)(H,36,38);2*1H. The van der Waals surface area contributed by atoms with E-state index in [1.54, 1.807) is 24.4 Å². The predicted molar refractivity (Wildman–Crippen MR) is 166 cm³/mol. The molecule has 3 N–H and O–H groups in total. The Kier molecular flexibility index (Phi) is 8.13. The van der Waals surface area contributed by atoms with Gasteiger partial charge in [0.05, 0.1) is 17.4 Å². The van der Waals surface area contributed by atoms with Gasteiger partial charge in [0.15, 0.2) is 5.03 Å². The molecule has 4 aromatic rings. The SMILES string of the molecule is CC(C)Oc1ccc(-c2ccc(C(=O)NS(=O)(=O)c3cccc(N)n3)c(N3C(C)CC(c4ccccc4)C3C)n2)cn1.[HH].[HH]. The van der Waals surface area contributed by atoms with Crippen LogP contribution in [0.1, 0.15) is 58.8 Å². The number of hydrogen-bond donors (Lipinski definition) is 2. The fraction of sp³-hybridized carbons (Fsp3) is 0.290. The molecule has 1 saturated heterocycles. The van der Waals surface area contributed by atoms with Crippen LogP contribution in [0.15, 0.2) is 84.0 Å². The van der Waals surface area contributed by atoms with Crippen LogP contribution in [0.3, 0.4) is 0 Å². The summed E-state index contributed by atoms with van der Waals surface area (Å²) < 4.78 is 33.9. The van der Waals surface area contributed by atoms with E-state index in [9.17, 15) is 13.2 Å². The number of nitrogens with one attached hydrogen (secondary N) is 1. The highest BCUT2D eigenvalue weighted by atomic mass is 32.2. The summed E-state index contributed by atoms with van der Waals surface area (Å²) in [4.78, 5) is 28.9. The summed E-state index contributed by atoms with van der Waals surface area (Å²) in [5.41, 5.74) is 8.33. The molecular weight excluding hydrogens is 552 g/mol. The average molecular weight is 591 g/mol. The van der Waals surface area contributed by atoms with Crippen molar-refractivity contribution in [3.05, 3.63) is 90.1 Å². The molecule has 3 unspecified atom stereocenters. The second kappa shape index (κ2) is 11.8. The zero-order chi connectivity index (χ0) is 30.0. The third kappa shape index (κ3) is 6.06. The highest BCUT2D eigenvalue weighted by molar-refractivity contribution is 7.90. The van der Waals surface area contributed by atoms with Crippen molar-refractivity contribution in [2.24, 2.45) is 0 Å². The smallest absolute Gasteiger partial charge is 0.281 e. The van der Waals surface area contributed by atoms with Crippen molar-refractivity contribution in [3.63, 3.8) is 0 Å². The maximum absolute atomic E-state index is 13.6. The zero-order valence-corrected chi connectivity index (χ0v) is 24.7. The molecule has 3 aromatic heterocycles. The number of hydrogen-bond acceptors (Lipinski definition) is 9. The van der Waals surface area contributed by atoms with Crippen molar-refractivity contribution in [2.45, 2.75) is 63.2 Å². The van der Waals surface area contributed by atoms with Crippen LogP contribution < -0.4 is 20.1 Å². The molecule has 1 fully saturated rings. The van der Waals surface area contributed by atoms with Gasteiger partial charge in [0.25, 0.3) is 15.9 Å². The lowest BCUT2D eigenvalue weighted by Crippen LogP contribution is -2.38. The number of anilines is 2. The molecule has 1 aliphatic heterocycles. The van der Waals surface area contributed by atoms with Gasteiger partial charge >= 0.3 is 0 Å². The molecule has 222 valence electrons. The molecule has 0 bridgehead atoms. The minimum atomic E-state index is -4.29. The van der Waals surface area contributed by atoms with Gasteiger partial charge in [-0.1, -0.05) is 36.4 Å². The molecule has 0 saturated carbocycles. The number of sulfonamides is 1. The van der Waals surface area contributed by atoms with Gasteiger partial charge in [-0.05, 0) is 70.0 Å². The number of carbonyl (C=O) groups excluding carboxylic acids is 1. The molecule has 1 amide bonds. The largest absolute Gasteiger partial charge is 0.475 e. The average Bonchev–Trinajstić information content (AvgIpc) is 3.26. The van der Waals surface area contributed by atoms with Gasteiger partial charge in [-0.25, -0.2) is 19.7 Å². The minimum Gasteiger partial charge on any atom is -0.475 e. The van der Waals surface area contributed by atoms with Crippen molar-refractivity contribution in [2.75, 3.05) is 10.6 Å². The highest BCUT2D eigenvalue weighted by Crippen LogP contribution is 2.41. The third-order valence-electron chi connectivity index (χ3n) is 7.32. The second-order valence-corrected chi connectivity index (χ2v) is 12.3. The fourth-order valence-corrected chi connectivity index (χ4v) is 6.37. The quantitative estimate of drug-likeness (QED) is 0.280. The van der Waals surface area contributed by atoms with E-state index in [0.717, 1.165) is 12.0 Å². The third-order valence-corrected chi connectivity index (χ3v) is 8.55. The Bertz CT molecular complexity index is 1690. The van der Waals surface area contributed by atoms with Crippen LogP contribution >= 0.6 is 0 Å². The van der Waals surface area contributed by atoms with E-state index in [0.29, 0.717) is 17.4 Å². The predicted octanol–water partition coefficient (Wildman–Crippen LogP) is 5.29. The summed E-state index contributed by atoms with van der Waals surface area (Å²) in [5, 5.41) is -0.344. The lowest BCUT2D eigenvalue weighted by molar-refractivity contribution is 0.0981. The van der Waals surface area contributed by atoms with Crippen molar-refractivity contribution in [3.8, 4) is 17.1 Å². The summed E-state index contributed by atoms with van der Waals surface area (Å²) >= 11 is 0. The zero-order valence-electron chi connectivity index (χ0n) is 23.9. The first-order valence-corrected chi connectivity index (χ1v) is 15.3. The molecule has 5 rings (SSSR count). The summed E-state index contributed by atoms with van der Waals surface area (Å²) in [6.07, 6.45) is 2.50. The fourth-order valence-electron chi connectivity index (χ4n) is 5.43. The number of ether oxygens (including phenoxy) is 1. The van der Waals surface area contributed by atoms with E-state index in [2.05, 4.69) is 45.6 Å². The van der Waals surface area contributed by atoms with Gasteiger partial charge in [-0.3, -0.25) is 4.79 Å². The Morgan fingerprint density at radius 2 is 1.79 bits per heavy atom. The van der Waals surface area contributed by atoms with Crippen LogP contribution in [0.25, 0.3) is 11.3 Å². The maximum atomic E-state index is 13.6. The van der Waals surface area contributed by atoms with Crippen molar-refractivity contribution in [1.29, 1.82) is 0 Å². The molecule has 3 atom stereocenters. The number of nitrogens with two attached hydrogens (primary N) is 1. The first kappa shape index (κ1) is 29.0. The van der Waals surface area contributed by atoms with Crippen LogP contribution in [0.4, 0.5) is 11.6 Å². The van der Waals surface area contributed by atoms with E-state index in [-0.39, 0.29) is 43.4 Å². The monoisotopic (exact) mass is 590 g/mol. The minimum absolute atomic E-state index is 0. The summed E-state index contributed by atoms with van der Waals surface area (Å²) in [5.74, 6) is 0.299. The van der Waals surface area contributed by atoms with Crippen molar-refractivity contribution in [1.82, 2.24) is 19.7 Å². The number of pyridine rings is 3. The first-order chi connectivity index (χ1) is 20.0. The van der Waals surface area contributed by atoms with Gasteiger partial charge in [-0.2, -0.15) is 8.42 Å². The number of nitrogens with zero attached hydrogens (tertiary/aromatic N) is 4. The molecule has 42 heavy (non-hydrogen) atoms. The van der Waals surface area contributed by atoms with E-state index in [1.165, 1.54) is 23.8 Å². The van der Waals surface area contributed by atoms with E-state index in [1.807, 2.05) is 38.1 Å². The molecule has 0 spiro atoms. The van der Waals surface area contributed by atoms with Gasteiger partial charge in [-0.15, -0.1) is 0 Å². The van der Waals surface area contributed by atoms with E-state index < -0.39 is 15.9 Å². The van der Waals surface area contributed by atoms with E-state index >= 15 is 0 Å². The summed E-state index contributed by atoms with van der Waals surface area (Å²) in [6.45, 7) is 8.04. The van der Waals surface area contributed by atoms with Gasteiger partial charge < -0.3 is 15.4 Å². The van der Waals surface area contributed by atoms with Crippen molar-refractivity contribution < 1.29 is 20.8 Å². The molecule has 1 aromatic carbocycles. The lowest BCUT2D eigenvalue weighted by atomic mass is 9.92. The summed E-state index contributed by atoms with van der Waals surface area (Å²) in [7, 11) is -4.29. The van der Waals surface area contributed by atoms with Gasteiger partial charge in [0, 0.05) is 38.7 Å². The number of amides is 1. The first-order valence-electron chi connectivity index (χ1n) is 13.8. The number of carbonyl (C=O) groups is 1. The second-order valence-electron chi connectivity index (χ2n) is 10.7. The molecule has 1 aliphatic rings. The number of nitrogen functional groups attached to an aromatic ring is 1. The van der Waals surface area contributed by atoms with Crippen LogP contribution in [0.2, 0.25) is 0 Å². The van der Waals surface area contributed by atoms with Crippen LogP contribution in [0.5, 0.6) is 5.88 Å². The topological polar surface area (TPSA) is 140 Å². The lowest BCUT2D eigenvalue weighted by Gasteiger charge is -2.31. The van der Waals surface area contributed by atoms with Crippen molar-refractivity contribution >= 4 is 27.6 Å². The van der Waals surface area contributed by atoms with Gasteiger partial charge in [0.1, 0.15) is 11.6 Å². The maximum Gasteiger partial charge on any atom is 0.281 e. The molecule has 0 aliphatic carbocycles. The van der Waals surface area contributed by atoms with E-state index in [4.69, 9.17) is 15.5 Å². The number of aromatic nitrogens is 3. The Morgan fingerprint density at radius 1 is 1.02 bits per heavy atom. The molecular formula is C31H38N6O4S.